The summed E-state index contributed by atoms with van der Waals surface area (Å²) in [5.74, 6) is 0.241. The molecule has 1 aliphatic heterocycles. The summed E-state index contributed by atoms with van der Waals surface area (Å²) in [5.41, 5.74) is 0. The highest BCUT2D eigenvalue weighted by Gasteiger charge is 2.24. The molecule has 0 aromatic rings. The Hall–Kier alpha value is -0.610. The Bertz CT molecular complexity index is 300. The van der Waals surface area contributed by atoms with Crippen LogP contribution in [-0.2, 0) is 4.79 Å². The van der Waals surface area contributed by atoms with E-state index >= 15 is 0 Å². The van der Waals surface area contributed by atoms with E-state index in [1.54, 1.807) is 0 Å². The summed E-state index contributed by atoms with van der Waals surface area (Å²) >= 11 is 0. The molecule has 0 aromatic heterocycles. The molecule has 4 nitrogen and oxygen atoms in total. The van der Waals surface area contributed by atoms with Gasteiger partial charge in [0.05, 0.1) is 6.54 Å². The topological polar surface area (TPSA) is 44.4 Å². The number of hydrogen-bond acceptors (Lipinski definition) is 3. The zero-order valence-electron chi connectivity index (χ0n) is 13.7. The van der Waals surface area contributed by atoms with Gasteiger partial charge in [0.15, 0.2) is 0 Å². The summed E-state index contributed by atoms with van der Waals surface area (Å²) in [6.45, 7) is 5.85. The molecule has 2 N–H and O–H groups in total. The summed E-state index contributed by atoms with van der Waals surface area (Å²) < 4.78 is 0. The van der Waals surface area contributed by atoms with Gasteiger partial charge in [-0.25, -0.2) is 0 Å². The Kier molecular flexibility index (Phi) is 7.51. The highest BCUT2D eigenvalue weighted by atomic mass is 16.2. The summed E-state index contributed by atoms with van der Waals surface area (Å²) in [4.78, 5) is 14.7. The molecule has 0 spiro atoms. The lowest BCUT2D eigenvalue weighted by atomic mass is 10.0. The highest BCUT2D eigenvalue weighted by molar-refractivity contribution is 5.78. The molecular formula is C17H33N3O. The SMILES string of the molecule is CCNCC1CCCCN1CC(=O)NC1CCCCCC1. The lowest BCUT2D eigenvalue weighted by Gasteiger charge is -2.35. The van der Waals surface area contributed by atoms with E-state index in [-0.39, 0.29) is 5.91 Å². The van der Waals surface area contributed by atoms with E-state index in [4.69, 9.17) is 0 Å². The standard InChI is InChI=1S/C17H33N3O/c1-2-18-13-16-11-7-8-12-20(16)14-17(21)19-15-9-5-3-4-6-10-15/h15-16,18H,2-14H2,1H3,(H,19,21). The monoisotopic (exact) mass is 295 g/mol. The van der Waals surface area contributed by atoms with Crippen LogP contribution in [0.25, 0.3) is 0 Å². The van der Waals surface area contributed by atoms with Gasteiger partial charge >= 0.3 is 0 Å². The molecule has 1 amide bonds. The molecule has 1 atom stereocenters. The van der Waals surface area contributed by atoms with Gasteiger partial charge in [0, 0.05) is 18.6 Å². The number of likely N-dealkylation sites (N-methyl/N-ethyl adjacent to an activating group) is 1. The van der Waals surface area contributed by atoms with E-state index in [1.165, 1.54) is 57.8 Å². The number of likely N-dealkylation sites (tertiary alicyclic amines) is 1. The number of hydrogen-bond donors (Lipinski definition) is 2. The predicted molar refractivity (Wildman–Crippen MR) is 87.4 cm³/mol. The van der Waals surface area contributed by atoms with Crippen molar-refractivity contribution in [2.24, 2.45) is 0 Å². The molecule has 4 heteroatoms. The van der Waals surface area contributed by atoms with Crippen molar-refractivity contribution in [1.29, 1.82) is 0 Å². The van der Waals surface area contributed by atoms with Crippen molar-refractivity contribution in [3.05, 3.63) is 0 Å². The highest BCUT2D eigenvalue weighted by Crippen LogP contribution is 2.18. The number of amides is 1. The minimum Gasteiger partial charge on any atom is -0.352 e. The molecule has 1 aliphatic carbocycles. The van der Waals surface area contributed by atoms with E-state index < -0.39 is 0 Å². The second kappa shape index (κ2) is 9.42. The van der Waals surface area contributed by atoms with Crippen molar-refractivity contribution in [2.45, 2.75) is 76.8 Å². The van der Waals surface area contributed by atoms with Gasteiger partial charge in [0.25, 0.3) is 0 Å². The first kappa shape index (κ1) is 16.8. The summed E-state index contributed by atoms with van der Waals surface area (Å²) in [6.07, 6.45) is 11.3. The number of nitrogens with one attached hydrogen (secondary N) is 2. The number of rotatable bonds is 6. The summed E-state index contributed by atoms with van der Waals surface area (Å²) in [7, 11) is 0. The Morgan fingerprint density at radius 1 is 1.05 bits per heavy atom. The van der Waals surface area contributed by atoms with Crippen LogP contribution in [0.3, 0.4) is 0 Å². The second-order valence-corrected chi connectivity index (χ2v) is 6.68. The van der Waals surface area contributed by atoms with Gasteiger partial charge in [0.2, 0.25) is 5.91 Å². The van der Waals surface area contributed by atoms with Crippen LogP contribution in [0.4, 0.5) is 0 Å². The van der Waals surface area contributed by atoms with Crippen molar-refractivity contribution in [3.8, 4) is 0 Å². The van der Waals surface area contributed by atoms with Gasteiger partial charge in [-0.3, -0.25) is 9.69 Å². The molecule has 21 heavy (non-hydrogen) atoms. The van der Waals surface area contributed by atoms with E-state index in [1.807, 2.05) is 0 Å². The van der Waals surface area contributed by atoms with Gasteiger partial charge in [-0.05, 0) is 38.8 Å². The van der Waals surface area contributed by atoms with Crippen LogP contribution in [-0.4, -0.2) is 49.1 Å². The zero-order chi connectivity index (χ0) is 14.9. The molecule has 2 fully saturated rings. The van der Waals surface area contributed by atoms with Crippen LogP contribution in [0.15, 0.2) is 0 Å². The average molecular weight is 295 g/mol. The molecule has 1 unspecified atom stereocenters. The minimum absolute atomic E-state index is 0.241. The van der Waals surface area contributed by atoms with Crippen LogP contribution in [0.2, 0.25) is 0 Å². The molecular weight excluding hydrogens is 262 g/mol. The van der Waals surface area contributed by atoms with Gasteiger partial charge in [-0.15, -0.1) is 0 Å². The molecule has 1 heterocycles. The molecule has 0 bridgehead atoms. The third-order valence-corrected chi connectivity index (χ3v) is 4.95. The fourth-order valence-electron chi connectivity index (χ4n) is 3.69. The Morgan fingerprint density at radius 2 is 1.76 bits per heavy atom. The molecule has 0 aromatic carbocycles. The van der Waals surface area contributed by atoms with Crippen molar-refractivity contribution in [1.82, 2.24) is 15.5 Å². The van der Waals surface area contributed by atoms with Crippen molar-refractivity contribution >= 4 is 5.91 Å². The van der Waals surface area contributed by atoms with Crippen molar-refractivity contribution in [2.75, 3.05) is 26.2 Å². The summed E-state index contributed by atoms with van der Waals surface area (Å²) in [6, 6.07) is 0.968. The first-order valence-electron chi connectivity index (χ1n) is 9.03. The van der Waals surface area contributed by atoms with Crippen LogP contribution in [0, 0.1) is 0 Å². The molecule has 2 rings (SSSR count). The third kappa shape index (κ3) is 5.95. The number of nitrogens with zero attached hydrogens (tertiary/aromatic N) is 1. The summed E-state index contributed by atoms with van der Waals surface area (Å²) in [5, 5.41) is 6.72. The number of carbonyl (C=O) groups is 1. The van der Waals surface area contributed by atoms with Gasteiger partial charge in [-0.2, -0.15) is 0 Å². The Morgan fingerprint density at radius 3 is 2.48 bits per heavy atom. The quantitative estimate of drug-likeness (QED) is 0.739. The van der Waals surface area contributed by atoms with E-state index in [2.05, 4.69) is 22.5 Å². The van der Waals surface area contributed by atoms with Gasteiger partial charge < -0.3 is 10.6 Å². The molecule has 1 saturated heterocycles. The fourth-order valence-corrected chi connectivity index (χ4v) is 3.69. The smallest absolute Gasteiger partial charge is 0.234 e. The molecule has 2 aliphatic rings. The van der Waals surface area contributed by atoms with Gasteiger partial charge in [0.1, 0.15) is 0 Å². The number of piperidine rings is 1. The minimum atomic E-state index is 0.241. The van der Waals surface area contributed by atoms with Gasteiger partial charge in [-0.1, -0.05) is 39.0 Å². The van der Waals surface area contributed by atoms with E-state index in [9.17, 15) is 4.79 Å². The Balaban J connectivity index is 1.76. The molecule has 122 valence electrons. The maximum absolute atomic E-state index is 12.3. The van der Waals surface area contributed by atoms with Crippen molar-refractivity contribution in [3.63, 3.8) is 0 Å². The average Bonchev–Trinajstić information content (AvgIpc) is 2.75. The molecule has 1 saturated carbocycles. The maximum atomic E-state index is 12.3. The first-order valence-corrected chi connectivity index (χ1v) is 9.03. The maximum Gasteiger partial charge on any atom is 0.234 e. The lowest BCUT2D eigenvalue weighted by Crippen LogP contribution is -2.50. The lowest BCUT2D eigenvalue weighted by molar-refractivity contribution is -0.123. The number of carbonyl (C=O) groups excluding carboxylic acids is 1. The van der Waals surface area contributed by atoms with Crippen LogP contribution in [0.1, 0.15) is 64.7 Å². The zero-order valence-corrected chi connectivity index (χ0v) is 13.7. The van der Waals surface area contributed by atoms with Crippen LogP contribution in [0.5, 0.6) is 0 Å². The first-order chi connectivity index (χ1) is 10.3. The molecule has 0 radical (unpaired) electrons. The predicted octanol–water partition coefficient (Wildman–Crippen LogP) is 2.29. The van der Waals surface area contributed by atoms with Crippen LogP contribution >= 0.6 is 0 Å². The van der Waals surface area contributed by atoms with Crippen molar-refractivity contribution < 1.29 is 4.79 Å². The Labute approximate surface area is 130 Å². The largest absolute Gasteiger partial charge is 0.352 e. The normalized spacial score (nSPS) is 25.5. The fraction of sp³-hybridized carbons (Fsp3) is 0.941. The second-order valence-electron chi connectivity index (χ2n) is 6.68. The van der Waals surface area contributed by atoms with E-state index in [0.29, 0.717) is 18.6 Å². The van der Waals surface area contributed by atoms with Crippen LogP contribution < -0.4 is 10.6 Å². The third-order valence-electron chi connectivity index (χ3n) is 4.95. The van der Waals surface area contributed by atoms with E-state index in [0.717, 1.165) is 19.6 Å².